The number of rotatable bonds is 3. The first-order valence-electron chi connectivity index (χ1n) is 9.48. The van der Waals surface area contributed by atoms with Gasteiger partial charge in [0.15, 0.2) is 0 Å². The summed E-state index contributed by atoms with van der Waals surface area (Å²) in [5.74, 6) is 0.657. The molecule has 5 rings (SSSR count). The molecule has 0 radical (unpaired) electrons. The number of morpholine rings is 1. The lowest BCUT2D eigenvalue weighted by Crippen LogP contribution is -2.44. The van der Waals surface area contributed by atoms with Gasteiger partial charge >= 0.3 is 0 Å². The third-order valence-corrected chi connectivity index (χ3v) is 6.67. The van der Waals surface area contributed by atoms with Crippen LogP contribution in [0, 0.1) is 6.92 Å². The number of fused-ring (bicyclic) bond motifs is 1. The number of hydrogen-bond donors (Lipinski definition) is 1. The van der Waals surface area contributed by atoms with Crippen molar-refractivity contribution in [2.24, 2.45) is 11.4 Å². The van der Waals surface area contributed by atoms with Crippen LogP contribution in [0.1, 0.15) is 24.0 Å². The van der Waals surface area contributed by atoms with Gasteiger partial charge in [-0.25, -0.2) is 9.67 Å². The van der Waals surface area contributed by atoms with Gasteiger partial charge in [0.2, 0.25) is 0 Å². The molecule has 11 nitrogen and oxygen atoms in total. The fraction of sp³-hybridized carbons (Fsp3) is 0.389. The van der Waals surface area contributed by atoms with E-state index >= 15 is 0 Å². The van der Waals surface area contributed by atoms with Crippen molar-refractivity contribution < 1.29 is 13.2 Å². The van der Waals surface area contributed by atoms with Crippen LogP contribution in [0.4, 0.5) is 5.82 Å². The van der Waals surface area contributed by atoms with Crippen molar-refractivity contribution in [3.05, 3.63) is 35.4 Å². The Labute approximate surface area is 172 Å². The van der Waals surface area contributed by atoms with Crippen molar-refractivity contribution in [3.8, 4) is 11.3 Å². The lowest BCUT2D eigenvalue weighted by Gasteiger charge is -2.34. The van der Waals surface area contributed by atoms with Crippen LogP contribution in [0.2, 0.25) is 0 Å². The number of sulfonamides is 1. The van der Waals surface area contributed by atoms with E-state index in [0.717, 1.165) is 0 Å². The van der Waals surface area contributed by atoms with Crippen LogP contribution < -0.4 is 4.90 Å². The molecule has 0 aliphatic carbocycles. The van der Waals surface area contributed by atoms with Crippen molar-refractivity contribution in [2.45, 2.75) is 24.8 Å². The molecule has 2 aliphatic heterocycles. The molecule has 0 saturated carbocycles. The molecule has 30 heavy (non-hydrogen) atoms. The van der Waals surface area contributed by atoms with E-state index in [2.05, 4.69) is 29.8 Å². The maximum absolute atomic E-state index is 13.1. The number of ether oxygens (including phenoxy) is 1. The van der Waals surface area contributed by atoms with Gasteiger partial charge in [-0.3, -0.25) is 5.10 Å². The van der Waals surface area contributed by atoms with Gasteiger partial charge in [-0.1, -0.05) is 5.21 Å². The number of nitrogens with zero attached hydrogens (tertiary/aromatic N) is 7. The second kappa shape index (κ2) is 6.71. The molecule has 1 fully saturated rings. The fourth-order valence-corrected chi connectivity index (χ4v) is 5.27. The second-order valence-electron chi connectivity index (χ2n) is 7.36. The quantitative estimate of drug-likeness (QED) is 0.644. The summed E-state index contributed by atoms with van der Waals surface area (Å²) in [5.41, 5.74) is 2.75. The van der Waals surface area contributed by atoms with E-state index in [1.807, 2.05) is 6.92 Å². The summed E-state index contributed by atoms with van der Waals surface area (Å²) >= 11 is 0. The number of aryl methyl sites for hydroxylation is 2. The fourth-order valence-electron chi connectivity index (χ4n) is 3.94. The summed E-state index contributed by atoms with van der Waals surface area (Å²) in [6.07, 6.45) is 1.55. The maximum atomic E-state index is 13.1. The third kappa shape index (κ3) is 2.82. The maximum Gasteiger partial charge on any atom is 0.285 e. The summed E-state index contributed by atoms with van der Waals surface area (Å²) in [7, 11) is -2.23. The highest BCUT2D eigenvalue weighted by atomic mass is 32.2. The number of anilines is 1. The van der Waals surface area contributed by atoms with Gasteiger partial charge in [-0.2, -0.15) is 17.9 Å². The number of aromatic nitrogens is 6. The zero-order valence-electron chi connectivity index (χ0n) is 16.7. The Morgan fingerprint density at radius 2 is 2.17 bits per heavy atom. The van der Waals surface area contributed by atoms with E-state index in [9.17, 15) is 8.42 Å². The average Bonchev–Trinajstić information content (AvgIpc) is 3.41. The van der Waals surface area contributed by atoms with E-state index in [-0.39, 0.29) is 16.6 Å². The van der Waals surface area contributed by atoms with Gasteiger partial charge in [0.05, 0.1) is 36.3 Å². The zero-order valence-corrected chi connectivity index (χ0v) is 17.5. The Morgan fingerprint density at radius 1 is 1.33 bits per heavy atom. The SMILES string of the molecule is Cc1nnn(C)c1-c1cc(N2CCOC[C@H]2C)nc2c1S(=O)(=O)N=C2c1ccn[nH]1. The molecule has 1 saturated heterocycles. The first-order valence-corrected chi connectivity index (χ1v) is 10.9. The Hall–Kier alpha value is -3.12. The second-order valence-corrected chi connectivity index (χ2v) is 8.90. The van der Waals surface area contributed by atoms with Crippen LogP contribution >= 0.6 is 0 Å². The zero-order chi connectivity index (χ0) is 21.0. The van der Waals surface area contributed by atoms with Gasteiger partial charge < -0.3 is 9.64 Å². The van der Waals surface area contributed by atoms with Crippen LogP contribution in [-0.2, 0) is 21.8 Å². The summed E-state index contributed by atoms with van der Waals surface area (Å²) in [6, 6.07) is 3.55. The van der Waals surface area contributed by atoms with Gasteiger partial charge in [0, 0.05) is 25.4 Å². The van der Waals surface area contributed by atoms with Gasteiger partial charge in [-0.05, 0) is 26.0 Å². The Bertz CT molecular complexity index is 1240. The predicted octanol–water partition coefficient (Wildman–Crippen LogP) is 0.673. The topological polar surface area (TPSA) is 131 Å². The number of pyridine rings is 1. The molecule has 0 aromatic carbocycles. The van der Waals surface area contributed by atoms with E-state index < -0.39 is 10.0 Å². The van der Waals surface area contributed by atoms with Crippen molar-refractivity contribution in [1.29, 1.82) is 0 Å². The molecular formula is C18H20N8O3S. The number of H-pyrrole nitrogens is 1. The molecule has 5 heterocycles. The molecule has 0 unspecified atom stereocenters. The highest BCUT2D eigenvalue weighted by Gasteiger charge is 2.38. The van der Waals surface area contributed by atoms with Gasteiger partial charge in [0.25, 0.3) is 10.0 Å². The van der Waals surface area contributed by atoms with E-state index in [0.29, 0.717) is 53.9 Å². The molecular weight excluding hydrogens is 408 g/mol. The minimum atomic E-state index is -3.97. The van der Waals surface area contributed by atoms with Crippen LogP contribution in [-0.4, -0.2) is 70.1 Å². The van der Waals surface area contributed by atoms with Gasteiger partial charge in [0.1, 0.15) is 22.1 Å². The Kier molecular flexibility index (Phi) is 4.22. The van der Waals surface area contributed by atoms with Crippen molar-refractivity contribution in [3.63, 3.8) is 0 Å². The highest BCUT2D eigenvalue weighted by molar-refractivity contribution is 7.91. The first-order chi connectivity index (χ1) is 14.4. The van der Waals surface area contributed by atoms with Crippen molar-refractivity contribution >= 4 is 21.6 Å². The van der Waals surface area contributed by atoms with Crippen LogP contribution in [0.15, 0.2) is 27.6 Å². The van der Waals surface area contributed by atoms with Gasteiger partial charge in [-0.15, -0.1) is 5.10 Å². The van der Waals surface area contributed by atoms with Crippen LogP contribution in [0.5, 0.6) is 0 Å². The number of aromatic amines is 1. The molecule has 0 spiro atoms. The molecule has 2 aliphatic rings. The van der Waals surface area contributed by atoms with E-state index in [1.54, 1.807) is 37.0 Å². The normalized spacial score (nSPS) is 20.3. The van der Waals surface area contributed by atoms with Crippen LogP contribution in [0.3, 0.4) is 0 Å². The Morgan fingerprint density at radius 3 is 2.83 bits per heavy atom. The standard InChI is InChI=1S/C18H20N8O3S/c1-10-9-29-7-6-26(10)14-8-12(17-11(2)21-24-25(17)3)18-16(20-14)15(23-30(18,27)28)13-4-5-19-22-13/h4-5,8,10H,6-7,9H2,1-3H3,(H,19,22)/t10-/m1/s1. The third-order valence-electron chi connectivity index (χ3n) is 5.32. The lowest BCUT2D eigenvalue weighted by molar-refractivity contribution is 0.0985. The Balaban J connectivity index is 1.81. The molecule has 156 valence electrons. The molecule has 0 bridgehead atoms. The highest BCUT2D eigenvalue weighted by Crippen LogP contribution is 2.39. The molecule has 3 aromatic rings. The summed E-state index contributed by atoms with van der Waals surface area (Å²) < 4.78 is 37.4. The lowest BCUT2D eigenvalue weighted by atomic mass is 10.1. The molecule has 12 heteroatoms. The van der Waals surface area contributed by atoms with E-state index in [1.165, 1.54) is 0 Å². The minimum absolute atomic E-state index is 0.0604. The molecule has 3 aromatic heterocycles. The summed E-state index contributed by atoms with van der Waals surface area (Å²) in [6.45, 7) is 5.64. The smallest absolute Gasteiger partial charge is 0.285 e. The van der Waals surface area contributed by atoms with Crippen molar-refractivity contribution in [2.75, 3.05) is 24.7 Å². The van der Waals surface area contributed by atoms with Crippen molar-refractivity contribution in [1.82, 2.24) is 30.2 Å². The average molecular weight is 428 g/mol. The number of hydrogen-bond acceptors (Lipinski definition) is 8. The molecule has 1 atom stereocenters. The summed E-state index contributed by atoms with van der Waals surface area (Å²) in [5, 5.41) is 14.9. The largest absolute Gasteiger partial charge is 0.377 e. The molecule has 1 N–H and O–H groups in total. The van der Waals surface area contributed by atoms with Crippen LogP contribution in [0.25, 0.3) is 11.3 Å². The minimum Gasteiger partial charge on any atom is -0.377 e. The van der Waals surface area contributed by atoms with E-state index in [4.69, 9.17) is 9.72 Å². The molecule has 0 amide bonds. The number of nitrogens with one attached hydrogen (secondary N) is 1. The predicted molar refractivity (Wildman–Crippen MR) is 108 cm³/mol. The summed E-state index contributed by atoms with van der Waals surface area (Å²) in [4.78, 5) is 6.93. The monoisotopic (exact) mass is 428 g/mol. The first kappa shape index (κ1) is 18.9.